The van der Waals surface area contributed by atoms with Crippen LogP contribution in [0.4, 0.5) is 0 Å². The molecular formula is C18H15NO5. The molecule has 0 spiro atoms. The normalized spacial score (nSPS) is 14.4. The molecule has 0 N–H and O–H groups in total. The summed E-state index contributed by atoms with van der Waals surface area (Å²) in [5.41, 5.74) is 1.90. The zero-order chi connectivity index (χ0) is 17.1. The molecule has 0 atom stereocenters. The van der Waals surface area contributed by atoms with Crippen molar-refractivity contribution in [1.82, 2.24) is 4.98 Å². The van der Waals surface area contributed by atoms with Gasteiger partial charge in [-0.3, -0.25) is 9.78 Å². The fourth-order valence-corrected chi connectivity index (χ4v) is 2.43. The van der Waals surface area contributed by atoms with Crippen molar-refractivity contribution in [2.75, 3.05) is 13.7 Å². The SMILES string of the molecule is COCC(=O)Oc1cc(C)c2c(c1)O/C(=C\c1cccnc1)C2=O. The second kappa shape index (κ2) is 6.64. The summed E-state index contributed by atoms with van der Waals surface area (Å²) in [5.74, 6) is 0.161. The third-order valence-electron chi connectivity index (χ3n) is 3.42. The highest BCUT2D eigenvalue weighted by atomic mass is 16.6. The van der Waals surface area contributed by atoms with Crippen LogP contribution in [0.2, 0.25) is 0 Å². The Labute approximate surface area is 138 Å². The van der Waals surface area contributed by atoms with Gasteiger partial charge in [0.2, 0.25) is 5.78 Å². The van der Waals surface area contributed by atoms with Crippen LogP contribution < -0.4 is 9.47 Å². The first-order valence-corrected chi connectivity index (χ1v) is 7.27. The van der Waals surface area contributed by atoms with E-state index in [2.05, 4.69) is 4.98 Å². The highest BCUT2D eigenvalue weighted by molar-refractivity contribution is 6.15. The van der Waals surface area contributed by atoms with Crippen molar-refractivity contribution in [1.29, 1.82) is 0 Å². The molecule has 1 aromatic carbocycles. The van der Waals surface area contributed by atoms with Gasteiger partial charge in [-0.1, -0.05) is 6.07 Å². The summed E-state index contributed by atoms with van der Waals surface area (Å²) in [4.78, 5) is 28.0. The summed E-state index contributed by atoms with van der Waals surface area (Å²) >= 11 is 0. The largest absolute Gasteiger partial charge is 0.452 e. The smallest absolute Gasteiger partial charge is 0.337 e. The van der Waals surface area contributed by atoms with E-state index < -0.39 is 5.97 Å². The molecule has 0 fully saturated rings. The number of hydrogen-bond acceptors (Lipinski definition) is 6. The number of rotatable bonds is 4. The minimum atomic E-state index is -0.521. The number of fused-ring (bicyclic) bond motifs is 1. The van der Waals surface area contributed by atoms with Crippen LogP contribution in [0.5, 0.6) is 11.5 Å². The monoisotopic (exact) mass is 325 g/mol. The average Bonchev–Trinajstić information content (AvgIpc) is 2.85. The quantitative estimate of drug-likeness (QED) is 0.488. The standard InChI is InChI=1S/C18H15NO5/c1-11-6-13(23-16(20)10-22-2)8-14-17(11)18(21)15(24-14)7-12-4-3-5-19-9-12/h3-9H,10H2,1-2H3/b15-7-. The molecule has 2 heterocycles. The fraction of sp³-hybridized carbons (Fsp3) is 0.167. The van der Waals surface area contributed by atoms with Gasteiger partial charge >= 0.3 is 5.97 Å². The highest BCUT2D eigenvalue weighted by Gasteiger charge is 2.30. The van der Waals surface area contributed by atoms with Crippen LogP contribution in [0.25, 0.3) is 6.08 Å². The second-order valence-corrected chi connectivity index (χ2v) is 5.25. The predicted molar refractivity (Wildman–Crippen MR) is 85.9 cm³/mol. The molecule has 1 aliphatic rings. The number of ketones is 1. The van der Waals surface area contributed by atoms with Gasteiger partial charge in [-0.15, -0.1) is 0 Å². The first-order valence-electron chi connectivity index (χ1n) is 7.27. The number of carbonyl (C=O) groups is 2. The summed E-state index contributed by atoms with van der Waals surface area (Å²) < 4.78 is 15.5. The molecule has 0 radical (unpaired) electrons. The topological polar surface area (TPSA) is 74.7 Å². The molecule has 0 saturated heterocycles. The van der Waals surface area contributed by atoms with Crippen molar-refractivity contribution in [3.05, 3.63) is 59.1 Å². The van der Waals surface area contributed by atoms with Gasteiger partial charge in [0.05, 0.1) is 5.56 Å². The van der Waals surface area contributed by atoms with Crippen LogP contribution in [-0.4, -0.2) is 30.5 Å². The third-order valence-corrected chi connectivity index (χ3v) is 3.42. The van der Waals surface area contributed by atoms with Crippen molar-refractivity contribution in [2.24, 2.45) is 0 Å². The Morgan fingerprint density at radius 2 is 2.21 bits per heavy atom. The summed E-state index contributed by atoms with van der Waals surface area (Å²) in [6.45, 7) is 1.61. The van der Waals surface area contributed by atoms with Crippen molar-refractivity contribution in [2.45, 2.75) is 6.92 Å². The molecule has 2 aromatic rings. The maximum atomic E-state index is 12.5. The number of hydrogen-bond donors (Lipinski definition) is 0. The summed E-state index contributed by atoms with van der Waals surface area (Å²) in [6, 6.07) is 6.75. The number of benzene rings is 1. The Hall–Kier alpha value is -2.99. The number of aryl methyl sites for hydroxylation is 1. The van der Waals surface area contributed by atoms with E-state index in [-0.39, 0.29) is 18.1 Å². The molecular weight excluding hydrogens is 310 g/mol. The molecule has 0 unspecified atom stereocenters. The van der Waals surface area contributed by atoms with Crippen LogP contribution in [0.1, 0.15) is 21.5 Å². The molecule has 0 aliphatic carbocycles. The Morgan fingerprint density at radius 3 is 2.92 bits per heavy atom. The van der Waals surface area contributed by atoms with Gasteiger partial charge in [0.1, 0.15) is 18.1 Å². The zero-order valence-electron chi connectivity index (χ0n) is 13.2. The number of aromatic nitrogens is 1. The van der Waals surface area contributed by atoms with Crippen LogP contribution in [0, 0.1) is 6.92 Å². The molecule has 0 saturated carbocycles. The maximum absolute atomic E-state index is 12.5. The number of ether oxygens (including phenoxy) is 3. The number of Topliss-reactive ketones (excluding diaryl/α,β-unsaturated/α-hetero) is 1. The lowest BCUT2D eigenvalue weighted by atomic mass is 10.0. The molecule has 3 rings (SSSR count). The molecule has 6 heteroatoms. The van der Waals surface area contributed by atoms with E-state index in [1.54, 1.807) is 37.5 Å². The fourth-order valence-electron chi connectivity index (χ4n) is 2.43. The van der Waals surface area contributed by atoms with Crippen LogP contribution in [-0.2, 0) is 9.53 Å². The second-order valence-electron chi connectivity index (χ2n) is 5.25. The number of nitrogens with zero attached hydrogens (tertiary/aromatic N) is 1. The predicted octanol–water partition coefficient (Wildman–Crippen LogP) is 2.56. The van der Waals surface area contributed by atoms with Crippen LogP contribution >= 0.6 is 0 Å². The Morgan fingerprint density at radius 1 is 1.38 bits per heavy atom. The van der Waals surface area contributed by atoms with Gasteiger partial charge < -0.3 is 14.2 Å². The van der Waals surface area contributed by atoms with E-state index in [0.29, 0.717) is 22.6 Å². The molecule has 0 bridgehead atoms. The van der Waals surface area contributed by atoms with Gasteiger partial charge in [-0.25, -0.2) is 4.79 Å². The molecule has 6 nitrogen and oxygen atoms in total. The number of methoxy groups -OCH3 is 1. The van der Waals surface area contributed by atoms with E-state index in [4.69, 9.17) is 14.2 Å². The first-order chi connectivity index (χ1) is 11.6. The lowest BCUT2D eigenvalue weighted by Gasteiger charge is -2.07. The summed E-state index contributed by atoms with van der Waals surface area (Å²) in [6.07, 6.45) is 4.92. The van der Waals surface area contributed by atoms with Crippen molar-refractivity contribution < 1.29 is 23.8 Å². The van der Waals surface area contributed by atoms with E-state index in [1.165, 1.54) is 13.2 Å². The molecule has 1 aromatic heterocycles. The van der Waals surface area contributed by atoms with Gasteiger partial charge in [-0.05, 0) is 36.3 Å². The van der Waals surface area contributed by atoms with E-state index in [9.17, 15) is 9.59 Å². The molecule has 1 aliphatic heterocycles. The Balaban J connectivity index is 1.90. The minimum absolute atomic E-state index is 0.151. The summed E-state index contributed by atoms with van der Waals surface area (Å²) in [7, 11) is 1.41. The third kappa shape index (κ3) is 3.18. The van der Waals surface area contributed by atoms with E-state index in [1.807, 2.05) is 6.07 Å². The molecule has 24 heavy (non-hydrogen) atoms. The first kappa shape index (κ1) is 15.9. The Bertz CT molecular complexity index is 827. The minimum Gasteiger partial charge on any atom is -0.452 e. The molecule has 122 valence electrons. The number of pyridine rings is 1. The lowest BCUT2D eigenvalue weighted by molar-refractivity contribution is -0.138. The van der Waals surface area contributed by atoms with E-state index >= 15 is 0 Å². The lowest BCUT2D eigenvalue weighted by Crippen LogP contribution is -2.14. The average molecular weight is 325 g/mol. The number of carbonyl (C=O) groups excluding carboxylic acids is 2. The van der Waals surface area contributed by atoms with Crippen LogP contribution in [0.3, 0.4) is 0 Å². The molecule has 0 amide bonds. The van der Waals surface area contributed by atoms with Gasteiger partial charge in [0, 0.05) is 25.6 Å². The van der Waals surface area contributed by atoms with E-state index in [0.717, 1.165) is 5.56 Å². The highest BCUT2D eigenvalue weighted by Crippen LogP contribution is 2.37. The van der Waals surface area contributed by atoms with Gasteiger partial charge in [-0.2, -0.15) is 0 Å². The van der Waals surface area contributed by atoms with Crippen molar-refractivity contribution >= 4 is 17.8 Å². The van der Waals surface area contributed by atoms with Crippen molar-refractivity contribution in [3.8, 4) is 11.5 Å². The zero-order valence-corrected chi connectivity index (χ0v) is 13.2. The van der Waals surface area contributed by atoms with Gasteiger partial charge in [0.15, 0.2) is 5.76 Å². The summed E-state index contributed by atoms with van der Waals surface area (Å²) in [5, 5.41) is 0. The number of allylic oxidation sites excluding steroid dienone is 1. The number of esters is 1. The maximum Gasteiger partial charge on any atom is 0.337 e. The van der Waals surface area contributed by atoms with Crippen molar-refractivity contribution in [3.63, 3.8) is 0 Å². The van der Waals surface area contributed by atoms with Gasteiger partial charge in [0.25, 0.3) is 0 Å². The van der Waals surface area contributed by atoms with Crippen LogP contribution in [0.15, 0.2) is 42.4 Å². The Kier molecular flexibility index (Phi) is 4.39.